The van der Waals surface area contributed by atoms with Crippen LogP contribution in [-0.2, 0) is 14.3 Å². The second-order valence-electron chi connectivity index (χ2n) is 5.59. The van der Waals surface area contributed by atoms with Crippen molar-refractivity contribution in [3.63, 3.8) is 0 Å². The van der Waals surface area contributed by atoms with E-state index in [1.807, 2.05) is 13.8 Å². The van der Waals surface area contributed by atoms with Crippen LogP contribution in [0.25, 0.3) is 0 Å². The van der Waals surface area contributed by atoms with Crippen LogP contribution in [0.3, 0.4) is 0 Å². The minimum Gasteiger partial charge on any atom is -0.478 e. The zero-order valence-electron chi connectivity index (χ0n) is 13.8. The summed E-state index contributed by atoms with van der Waals surface area (Å²) in [6, 6.07) is -1.10. The number of nitrogens with two attached hydrogens (primary N) is 2. The Balaban J connectivity index is 3.18. The van der Waals surface area contributed by atoms with Crippen molar-refractivity contribution < 1.29 is 19.4 Å². The third-order valence-corrected chi connectivity index (χ3v) is 3.78. The Morgan fingerprint density at radius 2 is 2.04 bits per heavy atom. The molecule has 0 aromatic carbocycles. The van der Waals surface area contributed by atoms with Crippen molar-refractivity contribution in [2.75, 3.05) is 0 Å². The summed E-state index contributed by atoms with van der Waals surface area (Å²) in [4.78, 5) is 27.0. The predicted molar refractivity (Wildman–Crippen MR) is 86.8 cm³/mol. The number of aliphatic imine (C=N–C) groups is 1. The summed E-state index contributed by atoms with van der Waals surface area (Å²) in [5, 5.41) is 12.1. The maximum atomic E-state index is 11.5. The van der Waals surface area contributed by atoms with Gasteiger partial charge in [0.15, 0.2) is 5.96 Å². The minimum absolute atomic E-state index is 0.0412. The number of nitrogens with one attached hydrogen (secondary N) is 1. The first-order valence-corrected chi connectivity index (χ1v) is 7.73. The number of carbonyl (C=O) groups excluding carboxylic acids is 1. The summed E-state index contributed by atoms with van der Waals surface area (Å²) in [6.07, 6.45) is 2.59. The highest BCUT2D eigenvalue weighted by molar-refractivity contribution is 5.87. The standard InChI is InChI=1S/C15H26N4O4/c1-4-10(5-2)23-12-7-9(14(21)22)6-11(19-15(16)17)13(12)18-8(3)20/h7,10-13H,4-6H2,1-3H3,(H,18,20)(H,21,22)(H4,16,17,19)/t11-,12-,13+/m0/s1. The Labute approximate surface area is 136 Å². The van der Waals surface area contributed by atoms with Crippen LogP contribution in [0, 0.1) is 0 Å². The summed E-state index contributed by atoms with van der Waals surface area (Å²) in [6.45, 7) is 5.36. The molecule has 1 amide bonds. The Hall–Kier alpha value is -2.09. The monoisotopic (exact) mass is 326 g/mol. The molecule has 0 spiro atoms. The van der Waals surface area contributed by atoms with Crippen molar-refractivity contribution in [1.29, 1.82) is 0 Å². The molecular formula is C15H26N4O4. The van der Waals surface area contributed by atoms with Gasteiger partial charge in [0.1, 0.15) is 0 Å². The Kier molecular flexibility index (Phi) is 7.02. The van der Waals surface area contributed by atoms with Crippen LogP contribution in [0.15, 0.2) is 16.6 Å². The largest absolute Gasteiger partial charge is 0.478 e. The minimum atomic E-state index is -1.04. The summed E-state index contributed by atoms with van der Waals surface area (Å²) < 4.78 is 5.99. The number of rotatable bonds is 7. The van der Waals surface area contributed by atoms with Crippen molar-refractivity contribution in [1.82, 2.24) is 5.32 Å². The quantitative estimate of drug-likeness (QED) is 0.387. The third kappa shape index (κ3) is 5.55. The van der Waals surface area contributed by atoms with Crippen molar-refractivity contribution in [3.05, 3.63) is 11.6 Å². The van der Waals surface area contributed by atoms with Gasteiger partial charge in [-0.3, -0.25) is 4.79 Å². The van der Waals surface area contributed by atoms with Crippen molar-refractivity contribution in [2.45, 2.75) is 64.3 Å². The lowest BCUT2D eigenvalue weighted by Gasteiger charge is -2.36. The summed E-state index contributed by atoms with van der Waals surface area (Å²) in [7, 11) is 0. The van der Waals surface area contributed by atoms with Gasteiger partial charge < -0.3 is 26.6 Å². The average molecular weight is 326 g/mol. The maximum absolute atomic E-state index is 11.5. The summed E-state index contributed by atoms with van der Waals surface area (Å²) in [5.41, 5.74) is 11.1. The van der Waals surface area contributed by atoms with Crippen LogP contribution < -0.4 is 16.8 Å². The van der Waals surface area contributed by atoms with Gasteiger partial charge in [0.25, 0.3) is 0 Å². The van der Waals surface area contributed by atoms with Gasteiger partial charge in [-0.05, 0) is 18.9 Å². The van der Waals surface area contributed by atoms with E-state index < -0.39 is 24.2 Å². The fourth-order valence-electron chi connectivity index (χ4n) is 2.66. The molecule has 6 N–H and O–H groups in total. The molecule has 130 valence electrons. The normalized spacial score (nSPS) is 24.0. The predicted octanol–water partition coefficient (Wildman–Crippen LogP) is 0.122. The average Bonchev–Trinajstić information content (AvgIpc) is 2.46. The smallest absolute Gasteiger partial charge is 0.331 e. The van der Waals surface area contributed by atoms with Gasteiger partial charge in [-0.1, -0.05) is 13.8 Å². The number of carboxylic acids is 1. The van der Waals surface area contributed by atoms with Crippen molar-refractivity contribution >= 4 is 17.8 Å². The van der Waals surface area contributed by atoms with Crippen LogP contribution in [-0.4, -0.2) is 47.2 Å². The van der Waals surface area contributed by atoms with Crippen LogP contribution in [0.5, 0.6) is 0 Å². The van der Waals surface area contributed by atoms with Gasteiger partial charge in [-0.25, -0.2) is 9.79 Å². The van der Waals surface area contributed by atoms with Gasteiger partial charge in [-0.2, -0.15) is 0 Å². The molecule has 0 aliphatic heterocycles. The topological polar surface area (TPSA) is 140 Å². The lowest BCUT2D eigenvalue weighted by atomic mass is 9.88. The number of ether oxygens (including phenoxy) is 1. The zero-order chi connectivity index (χ0) is 17.6. The number of carbonyl (C=O) groups is 2. The molecule has 0 bridgehead atoms. The van der Waals surface area contributed by atoms with Gasteiger partial charge in [0.05, 0.1) is 24.3 Å². The van der Waals surface area contributed by atoms with E-state index in [9.17, 15) is 14.7 Å². The molecule has 0 saturated heterocycles. The number of amides is 1. The highest BCUT2D eigenvalue weighted by atomic mass is 16.5. The number of hydrogen-bond donors (Lipinski definition) is 4. The van der Waals surface area contributed by atoms with Gasteiger partial charge in [0, 0.05) is 18.9 Å². The second kappa shape index (κ2) is 8.52. The first kappa shape index (κ1) is 19.0. The highest BCUT2D eigenvalue weighted by Gasteiger charge is 2.37. The van der Waals surface area contributed by atoms with Gasteiger partial charge >= 0.3 is 5.97 Å². The van der Waals surface area contributed by atoms with Crippen LogP contribution in [0.4, 0.5) is 0 Å². The van der Waals surface area contributed by atoms with E-state index in [0.717, 1.165) is 12.8 Å². The molecule has 0 unspecified atom stereocenters. The number of aliphatic carboxylic acids is 1. The lowest BCUT2D eigenvalue weighted by molar-refractivity contribution is -0.133. The van der Waals surface area contributed by atoms with E-state index in [1.54, 1.807) is 6.08 Å². The molecule has 1 aliphatic carbocycles. The molecule has 0 aromatic rings. The van der Waals surface area contributed by atoms with E-state index in [4.69, 9.17) is 16.2 Å². The first-order valence-electron chi connectivity index (χ1n) is 7.73. The Morgan fingerprint density at radius 3 is 2.48 bits per heavy atom. The van der Waals surface area contributed by atoms with Crippen LogP contribution in [0.2, 0.25) is 0 Å². The van der Waals surface area contributed by atoms with Crippen LogP contribution in [0.1, 0.15) is 40.0 Å². The van der Waals surface area contributed by atoms with Gasteiger partial charge in [0.2, 0.25) is 5.91 Å². The third-order valence-electron chi connectivity index (χ3n) is 3.78. The van der Waals surface area contributed by atoms with E-state index in [1.165, 1.54) is 6.92 Å². The first-order chi connectivity index (χ1) is 10.8. The molecule has 0 heterocycles. The van der Waals surface area contributed by atoms with Crippen LogP contribution >= 0.6 is 0 Å². The Bertz CT molecular complexity index is 496. The number of nitrogens with zero attached hydrogens (tertiary/aromatic N) is 1. The molecular weight excluding hydrogens is 300 g/mol. The Morgan fingerprint density at radius 1 is 1.43 bits per heavy atom. The van der Waals surface area contributed by atoms with Gasteiger partial charge in [-0.15, -0.1) is 0 Å². The fraction of sp³-hybridized carbons (Fsp3) is 0.667. The number of hydrogen-bond acceptors (Lipinski definition) is 4. The summed E-state index contributed by atoms with van der Waals surface area (Å²) >= 11 is 0. The maximum Gasteiger partial charge on any atom is 0.331 e. The summed E-state index contributed by atoms with van der Waals surface area (Å²) in [5.74, 6) is -1.45. The molecule has 1 aliphatic rings. The van der Waals surface area contributed by atoms with E-state index in [-0.39, 0.29) is 30.0 Å². The van der Waals surface area contributed by atoms with Crippen molar-refractivity contribution in [2.24, 2.45) is 16.5 Å². The number of guanidine groups is 1. The molecule has 23 heavy (non-hydrogen) atoms. The zero-order valence-corrected chi connectivity index (χ0v) is 13.8. The van der Waals surface area contributed by atoms with E-state index >= 15 is 0 Å². The number of carboxylic acid groups (broad SMARTS) is 1. The second-order valence-corrected chi connectivity index (χ2v) is 5.59. The SMILES string of the molecule is CCC(CC)O[C@H]1C=C(C(=O)O)C[C@H](N=C(N)N)[C@H]1NC(C)=O. The molecule has 8 nitrogen and oxygen atoms in total. The lowest BCUT2D eigenvalue weighted by Crippen LogP contribution is -2.54. The molecule has 8 heteroatoms. The molecule has 3 atom stereocenters. The van der Waals surface area contributed by atoms with Crippen molar-refractivity contribution in [3.8, 4) is 0 Å². The molecule has 0 saturated carbocycles. The molecule has 0 aromatic heterocycles. The molecule has 0 radical (unpaired) electrons. The van der Waals surface area contributed by atoms with E-state index in [2.05, 4.69) is 10.3 Å². The fourth-order valence-corrected chi connectivity index (χ4v) is 2.66. The highest BCUT2D eigenvalue weighted by Crippen LogP contribution is 2.26. The van der Waals surface area contributed by atoms with E-state index in [0.29, 0.717) is 0 Å². The molecule has 0 fully saturated rings. The molecule has 1 rings (SSSR count).